The third kappa shape index (κ3) is 1.02. The first kappa shape index (κ1) is 6.47. The first-order valence-corrected chi connectivity index (χ1v) is 2.45. The van der Waals surface area contributed by atoms with Gasteiger partial charge in [0.2, 0.25) is 0 Å². The van der Waals surface area contributed by atoms with Crippen molar-refractivity contribution in [1.29, 1.82) is 0 Å². The van der Waals surface area contributed by atoms with Crippen molar-refractivity contribution in [2.75, 3.05) is 0 Å². The van der Waals surface area contributed by atoms with Crippen molar-refractivity contribution in [2.24, 2.45) is 0 Å². The molecular weight excluding hydrogens is 136 g/mol. The van der Waals surface area contributed by atoms with Crippen molar-refractivity contribution in [1.82, 2.24) is 4.98 Å². The highest BCUT2D eigenvalue weighted by molar-refractivity contribution is 5.73. The van der Waals surface area contributed by atoms with Gasteiger partial charge in [0.25, 0.3) is 12.0 Å². The fourth-order valence-electron chi connectivity index (χ4n) is 0.547. The largest absolute Gasteiger partial charge is 0.352 e. The number of hydrogen-bond acceptors (Lipinski definition) is 3. The molecule has 0 fully saturated rings. The Morgan fingerprint density at radius 3 is 2.70 bits per heavy atom. The smallest absolute Gasteiger partial charge is 0.287 e. The van der Waals surface area contributed by atoms with E-state index in [1.54, 1.807) is 0 Å². The normalized spacial score (nSPS) is 9.20. The van der Waals surface area contributed by atoms with Crippen LogP contribution in [0.2, 0.25) is 0 Å². The Morgan fingerprint density at radius 1 is 1.70 bits per heavy atom. The molecule has 0 unspecified atom stereocenters. The third-order valence-corrected chi connectivity index (χ3v) is 0.989. The second-order valence-corrected chi connectivity index (χ2v) is 1.63. The molecule has 1 aromatic heterocycles. The number of rotatable bonds is 2. The summed E-state index contributed by atoms with van der Waals surface area (Å²) in [6, 6.07) is 1.12. The van der Waals surface area contributed by atoms with E-state index in [2.05, 4.69) is 4.98 Å². The summed E-state index contributed by atoms with van der Waals surface area (Å²) in [6.45, 7) is 0. The van der Waals surface area contributed by atoms with Crippen LogP contribution >= 0.6 is 0 Å². The van der Waals surface area contributed by atoms with Crippen LogP contribution in [0.15, 0.2) is 12.3 Å². The van der Waals surface area contributed by atoms with Crippen LogP contribution in [0.5, 0.6) is 0 Å². The van der Waals surface area contributed by atoms with E-state index in [1.807, 2.05) is 0 Å². The Labute approximate surface area is 55.8 Å². The maximum atomic E-state index is 9.99. The van der Waals surface area contributed by atoms with Gasteiger partial charge in [0.1, 0.15) is 0 Å². The molecule has 0 aromatic carbocycles. The van der Waals surface area contributed by atoms with Crippen LogP contribution in [0.4, 0.5) is 5.69 Å². The standard InChI is InChI=1S/C5H3N2O3/c8-3-4-1-5(2-6-4)7(9)10/h1-2,6H. The van der Waals surface area contributed by atoms with Crippen LogP contribution in [0.1, 0.15) is 5.69 Å². The van der Waals surface area contributed by atoms with E-state index < -0.39 is 4.92 Å². The fraction of sp³-hybridized carbons (Fsp3) is 0. The number of aromatic amines is 1. The Morgan fingerprint density at radius 2 is 2.40 bits per heavy atom. The van der Waals surface area contributed by atoms with Crippen molar-refractivity contribution in [3.8, 4) is 0 Å². The molecule has 0 amide bonds. The third-order valence-electron chi connectivity index (χ3n) is 0.989. The highest BCUT2D eigenvalue weighted by atomic mass is 16.6. The van der Waals surface area contributed by atoms with Crippen LogP contribution in [0.25, 0.3) is 0 Å². The van der Waals surface area contributed by atoms with Gasteiger partial charge in [-0.05, 0) is 0 Å². The van der Waals surface area contributed by atoms with Crippen LogP contribution in [0.3, 0.4) is 0 Å². The van der Waals surface area contributed by atoms with Gasteiger partial charge < -0.3 is 4.98 Å². The average Bonchev–Trinajstić information content (AvgIpc) is 2.34. The number of nitrogens with zero attached hydrogens (tertiary/aromatic N) is 1. The number of nitrogens with one attached hydrogen (secondary N) is 1. The molecule has 5 nitrogen and oxygen atoms in total. The second kappa shape index (κ2) is 2.30. The number of H-pyrrole nitrogens is 1. The van der Waals surface area contributed by atoms with E-state index in [9.17, 15) is 14.9 Å². The monoisotopic (exact) mass is 139 g/mol. The molecule has 1 aromatic rings. The molecule has 0 aliphatic rings. The number of aromatic nitrogens is 1. The van der Waals surface area contributed by atoms with E-state index in [1.165, 1.54) is 6.29 Å². The first-order chi connectivity index (χ1) is 4.74. The summed E-state index contributed by atoms with van der Waals surface area (Å²) < 4.78 is 0. The molecule has 1 radical (unpaired) electrons. The SMILES string of the molecule is O=[C]c1cc([N+](=O)[O-])c[nH]1. The maximum Gasteiger partial charge on any atom is 0.287 e. The lowest BCUT2D eigenvalue weighted by Gasteiger charge is -1.77. The minimum atomic E-state index is -0.586. The number of nitro groups is 1. The number of hydrogen-bond donors (Lipinski definition) is 1. The average molecular weight is 139 g/mol. The molecular formula is C5H3N2O3. The van der Waals surface area contributed by atoms with E-state index in [0.717, 1.165) is 12.3 Å². The van der Waals surface area contributed by atoms with Crippen molar-refractivity contribution < 1.29 is 9.72 Å². The predicted molar refractivity (Wildman–Crippen MR) is 32.2 cm³/mol. The summed E-state index contributed by atoms with van der Waals surface area (Å²) in [5, 5.41) is 9.99. The first-order valence-electron chi connectivity index (χ1n) is 2.45. The fourth-order valence-corrected chi connectivity index (χ4v) is 0.547. The minimum absolute atomic E-state index is 0.0895. The molecule has 1 N–H and O–H groups in total. The highest BCUT2D eigenvalue weighted by Gasteiger charge is 2.07. The summed E-state index contributed by atoms with van der Waals surface area (Å²) in [5.74, 6) is 0. The summed E-state index contributed by atoms with van der Waals surface area (Å²) >= 11 is 0. The molecule has 0 aliphatic heterocycles. The number of carbonyl (C=O) groups excluding carboxylic acids is 1. The van der Waals surface area contributed by atoms with E-state index in [-0.39, 0.29) is 11.4 Å². The van der Waals surface area contributed by atoms with Crippen LogP contribution in [-0.4, -0.2) is 16.2 Å². The van der Waals surface area contributed by atoms with Gasteiger partial charge in [0.15, 0.2) is 0 Å². The van der Waals surface area contributed by atoms with Crippen molar-refractivity contribution >= 4 is 12.0 Å². The predicted octanol–water partition coefficient (Wildman–Crippen LogP) is 0.381. The topological polar surface area (TPSA) is 76.0 Å². The van der Waals surface area contributed by atoms with Crippen LogP contribution < -0.4 is 0 Å². The van der Waals surface area contributed by atoms with Gasteiger partial charge in [-0.25, -0.2) is 0 Å². The Balaban J connectivity index is 2.98. The molecule has 5 heteroatoms. The van der Waals surface area contributed by atoms with Crippen molar-refractivity contribution in [3.63, 3.8) is 0 Å². The van der Waals surface area contributed by atoms with Gasteiger partial charge in [-0.3, -0.25) is 14.9 Å². The van der Waals surface area contributed by atoms with Crippen LogP contribution in [0, 0.1) is 10.1 Å². The lowest BCUT2D eigenvalue weighted by Crippen LogP contribution is -1.82. The van der Waals surface area contributed by atoms with E-state index in [0.29, 0.717) is 0 Å². The van der Waals surface area contributed by atoms with E-state index in [4.69, 9.17) is 0 Å². The van der Waals surface area contributed by atoms with E-state index >= 15 is 0 Å². The van der Waals surface area contributed by atoms with Crippen molar-refractivity contribution in [3.05, 3.63) is 28.1 Å². The molecule has 0 spiro atoms. The summed E-state index contributed by atoms with van der Waals surface area (Å²) in [6.07, 6.45) is 2.63. The molecule has 0 bridgehead atoms. The lowest BCUT2D eigenvalue weighted by atomic mass is 10.4. The molecule has 1 rings (SSSR count). The summed E-state index contributed by atoms with van der Waals surface area (Å²) in [7, 11) is 0. The van der Waals surface area contributed by atoms with Gasteiger partial charge >= 0.3 is 0 Å². The zero-order chi connectivity index (χ0) is 7.56. The zero-order valence-corrected chi connectivity index (χ0v) is 4.83. The molecule has 51 valence electrons. The summed E-state index contributed by atoms with van der Waals surface area (Å²) in [4.78, 5) is 21.6. The Kier molecular flexibility index (Phi) is 1.49. The molecule has 0 atom stereocenters. The van der Waals surface area contributed by atoms with Gasteiger partial charge in [0, 0.05) is 6.07 Å². The molecule has 1 heterocycles. The van der Waals surface area contributed by atoms with Crippen molar-refractivity contribution in [2.45, 2.75) is 0 Å². The highest BCUT2D eigenvalue weighted by Crippen LogP contribution is 2.09. The molecule has 0 aliphatic carbocycles. The quantitative estimate of drug-likeness (QED) is 0.475. The maximum absolute atomic E-state index is 9.99. The van der Waals surface area contributed by atoms with Crippen LogP contribution in [-0.2, 0) is 4.79 Å². The van der Waals surface area contributed by atoms with Gasteiger partial charge in [-0.1, -0.05) is 0 Å². The molecule has 0 saturated carbocycles. The Hall–Kier alpha value is -1.65. The van der Waals surface area contributed by atoms with Gasteiger partial charge in [-0.2, -0.15) is 0 Å². The molecule has 0 saturated heterocycles. The van der Waals surface area contributed by atoms with Gasteiger partial charge in [0.05, 0.1) is 16.8 Å². The second-order valence-electron chi connectivity index (χ2n) is 1.63. The summed E-state index contributed by atoms with van der Waals surface area (Å²) in [5.41, 5.74) is -0.0370. The Bertz CT molecular complexity index is 266. The molecule has 10 heavy (non-hydrogen) atoms. The minimum Gasteiger partial charge on any atom is -0.352 e. The zero-order valence-electron chi connectivity index (χ0n) is 4.83. The van der Waals surface area contributed by atoms with Gasteiger partial charge in [-0.15, -0.1) is 0 Å². The lowest BCUT2D eigenvalue weighted by molar-refractivity contribution is -0.384.